The number of aromatic hydroxyl groups is 1. The summed E-state index contributed by atoms with van der Waals surface area (Å²) in [5.74, 6) is 0.317. The van der Waals surface area contributed by atoms with Gasteiger partial charge in [-0.2, -0.15) is 0 Å². The Morgan fingerprint density at radius 3 is 2.67 bits per heavy atom. The highest BCUT2D eigenvalue weighted by Gasteiger charge is 2.08. The Labute approximate surface area is 115 Å². The van der Waals surface area contributed by atoms with E-state index < -0.39 is 0 Å². The van der Waals surface area contributed by atoms with Gasteiger partial charge >= 0.3 is 0 Å². The summed E-state index contributed by atoms with van der Waals surface area (Å²) in [6, 6.07) is 5.72. The number of phenolic OH excluding ortho intramolecular Hbond substituents is 1. The van der Waals surface area contributed by atoms with Gasteiger partial charge in [0.2, 0.25) is 0 Å². The van der Waals surface area contributed by atoms with Crippen LogP contribution in [0.2, 0.25) is 5.02 Å². The highest BCUT2D eigenvalue weighted by Crippen LogP contribution is 2.21. The Kier molecular flexibility index (Phi) is 7.14. The van der Waals surface area contributed by atoms with Crippen molar-refractivity contribution in [2.24, 2.45) is 0 Å². The maximum Gasteiger partial charge on any atom is 0.120 e. The minimum absolute atomic E-state index is 0.317. The number of rotatable bonds is 8. The summed E-state index contributed by atoms with van der Waals surface area (Å²) in [5.41, 5.74) is 0.875. The van der Waals surface area contributed by atoms with Crippen molar-refractivity contribution in [1.29, 1.82) is 0 Å². The third-order valence-electron chi connectivity index (χ3n) is 3.17. The second kappa shape index (κ2) is 8.39. The zero-order valence-electron chi connectivity index (χ0n) is 11.4. The van der Waals surface area contributed by atoms with Crippen LogP contribution in [-0.2, 0) is 6.54 Å². The van der Waals surface area contributed by atoms with Crippen LogP contribution in [0.15, 0.2) is 18.2 Å². The molecule has 0 spiro atoms. The van der Waals surface area contributed by atoms with Crippen molar-refractivity contribution in [3.05, 3.63) is 28.8 Å². The Morgan fingerprint density at radius 1 is 1.22 bits per heavy atom. The van der Waals surface area contributed by atoms with Gasteiger partial charge in [-0.1, -0.05) is 44.7 Å². The van der Waals surface area contributed by atoms with Gasteiger partial charge in [-0.3, -0.25) is 0 Å². The summed E-state index contributed by atoms with van der Waals surface area (Å²) >= 11 is 5.94. The van der Waals surface area contributed by atoms with Gasteiger partial charge in [-0.05, 0) is 31.0 Å². The molecule has 102 valence electrons. The Balaban J connectivity index is 2.52. The summed E-state index contributed by atoms with van der Waals surface area (Å²) in [6.07, 6.45) is 6.04. The first-order valence-corrected chi connectivity index (χ1v) is 7.26. The molecule has 0 saturated heterocycles. The molecule has 0 radical (unpaired) electrons. The number of unbranched alkanes of at least 4 members (excludes halogenated alkanes) is 1. The molecule has 0 fully saturated rings. The molecule has 0 aliphatic rings. The number of halogens is 1. The average Bonchev–Trinajstić information content (AvgIpc) is 2.36. The average molecular weight is 270 g/mol. The fourth-order valence-corrected chi connectivity index (χ4v) is 2.29. The molecule has 1 aromatic rings. The first-order chi connectivity index (χ1) is 8.67. The molecule has 3 heteroatoms. The molecule has 2 nitrogen and oxygen atoms in total. The van der Waals surface area contributed by atoms with Crippen LogP contribution in [0.4, 0.5) is 0 Å². The van der Waals surface area contributed by atoms with Crippen molar-refractivity contribution in [3.8, 4) is 5.75 Å². The molecule has 18 heavy (non-hydrogen) atoms. The lowest BCUT2D eigenvalue weighted by Crippen LogP contribution is -2.28. The van der Waals surface area contributed by atoms with Gasteiger partial charge in [-0.25, -0.2) is 0 Å². The van der Waals surface area contributed by atoms with Crippen LogP contribution in [-0.4, -0.2) is 11.1 Å². The number of hydrogen-bond acceptors (Lipinski definition) is 2. The predicted molar refractivity (Wildman–Crippen MR) is 78.2 cm³/mol. The zero-order chi connectivity index (χ0) is 13.4. The van der Waals surface area contributed by atoms with Gasteiger partial charge in [0.15, 0.2) is 0 Å². The second-order valence-corrected chi connectivity index (χ2v) is 5.22. The minimum Gasteiger partial charge on any atom is -0.508 e. The fourth-order valence-electron chi connectivity index (χ4n) is 2.10. The van der Waals surface area contributed by atoms with Crippen LogP contribution in [0, 0.1) is 0 Å². The molecule has 1 unspecified atom stereocenters. The van der Waals surface area contributed by atoms with Gasteiger partial charge in [0.25, 0.3) is 0 Å². The minimum atomic E-state index is 0.317. The van der Waals surface area contributed by atoms with Crippen LogP contribution < -0.4 is 5.32 Å². The maximum atomic E-state index is 9.76. The molecule has 2 N–H and O–H groups in total. The van der Waals surface area contributed by atoms with Crippen molar-refractivity contribution >= 4 is 11.6 Å². The first kappa shape index (κ1) is 15.3. The first-order valence-electron chi connectivity index (χ1n) is 6.88. The van der Waals surface area contributed by atoms with Crippen LogP contribution in [0.1, 0.15) is 51.5 Å². The van der Waals surface area contributed by atoms with E-state index in [-0.39, 0.29) is 0 Å². The summed E-state index contributed by atoms with van der Waals surface area (Å²) in [7, 11) is 0. The fraction of sp³-hybridized carbons (Fsp3) is 0.600. The Bertz CT molecular complexity index is 354. The molecular weight excluding hydrogens is 246 g/mol. The Morgan fingerprint density at radius 2 is 2.00 bits per heavy atom. The maximum absolute atomic E-state index is 9.76. The standard InChI is InChI=1S/C15H24ClNO/c1-3-5-7-14(6-4-2)17-11-12-10-13(16)8-9-15(12)18/h8-10,14,17-18H,3-7,11H2,1-2H3. The van der Waals surface area contributed by atoms with Crippen LogP contribution in [0.3, 0.4) is 0 Å². The summed E-state index contributed by atoms with van der Waals surface area (Å²) < 4.78 is 0. The predicted octanol–water partition coefficient (Wildman–Crippen LogP) is 4.49. The van der Waals surface area contributed by atoms with E-state index in [0.717, 1.165) is 5.56 Å². The summed E-state index contributed by atoms with van der Waals surface area (Å²) in [4.78, 5) is 0. The SMILES string of the molecule is CCCCC(CCC)NCc1cc(Cl)ccc1O. The zero-order valence-corrected chi connectivity index (χ0v) is 12.1. The molecule has 1 aromatic carbocycles. The number of benzene rings is 1. The van der Waals surface area contributed by atoms with Gasteiger partial charge in [-0.15, -0.1) is 0 Å². The van der Waals surface area contributed by atoms with Gasteiger partial charge in [0, 0.05) is 23.2 Å². The smallest absolute Gasteiger partial charge is 0.120 e. The van der Waals surface area contributed by atoms with E-state index in [1.54, 1.807) is 12.1 Å². The summed E-state index contributed by atoms with van der Waals surface area (Å²) in [6.45, 7) is 5.10. The van der Waals surface area contributed by atoms with E-state index in [9.17, 15) is 5.11 Å². The molecule has 1 rings (SSSR count). The molecule has 0 heterocycles. The number of nitrogens with one attached hydrogen (secondary N) is 1. The lowest BCUT2D eigenvalue weighted by atomic mass is 10.0. The van der Waals surface area contributed by atoms with Crippen molar-refractivity contribution in [3.63, 3.8) is 0 Å². The molecule has 0 saturated carbocycles. The lowest BCUT2D eigenvalue weighted by Gasteiger charge is -2.18. The van der Waals surface area contributed by atoms with E-state index in [4.69, 9.17) is 11.6 Å². The lowest BCUT2D eigenvalue weighted by molar-refractivity contribution is 0.422. The topological polar surface area (TPSA) is 32.3 Å². The highest BCUT2D eigenvalue weighted by molar-refractivity contribution is 6.30. The van der Waals surface area contributed by atoms with Crippen molar-refractivity contribution in [1.82, 2.24) is 5.32 Å². The third-order valence-corrected chi connectivity index (χ3v) is 3.40. The van der Waals surface area contributed by atoms with E-state index in [1.165, 1.54) is 32.1 Å². The summed E-state index contributed by atoms with van der Waals surface area (Å²) in [5, 5.41) is 13.9. The van der Waals surface area contributed by atoms with Crippen LogP contribution >= 0.6 is 11.6 Å². The van der Waals surface area contributed by atoms with Gasteiger partial charge < -0.3 is 10.4 Å². The van der Waals surface area contributed by atoms with Crippen LogP contribution in [0.5, 0.6) is 5.75 Å². The normalized spacial score (nSPS) is 12.6. The second-order valence-electron chi connectivity index (χ2n) is 4.78. The molecule has 0 bridgehead atoms. The van der Waals surface area contributed by atoms with Crippen LogP contribution in [0.25, 0.3) is 0 Å². The van der Waals surface area contributed by atoms with E-state index >= 15 is 0 Å². The van der Waals surface area contributed by atoms with E-state index in [0.29, 0.717) is 23.4 Å². The third kappa shape index (κ3) is 5.28. The highest BCUT2D eigenvalue weighted by atomic mass is 35.5. The molecule has 0 aliphatic heterocycles. The van der Waals surface area contributed by atoms with E-state index in [2.05, 4.69) is 19.2 Å². The molecule has 0 aliphatic carbocycles. The quantitative estimate of drug-likeness (QED) is 0.729. The largest absolute Gasteiger partial charge is 0.508 e. The van der Waals surface area contributed by atoms with Crippen molar-refractivity contribution in [2.75, 3.05) is 0 Å². The molecule has 0 aromatic heterocycles. The van der Waals surface area contributed by atoms with E-state index in [1.807, 2.05) is 6.07 Å². The number of phenols is 1. The van der Waals surface area contributed by atoms with Gasteiger partial charge in [0.1, 0.15) is 5.75 Å². The molecule has 0 amide bonds. The van der Waals surface area contributed by atoms with Crippen molar-refractivity contribution < 1.29 is 5.11 Å². The molecule has 1 atom stereocenters. The van der Waals surface area contributed by atoms with Gasteiger partial charge in [0.05, 0.1) is 0 Å². The monoisotopic (exact) mass is 269 g/mol. The number of hydrogen-bond donors (Lipinski definition) is 2. The molecular formula is C15H24ClNO. The Hall–Kier alpha value is -0.730. The van der Waals surface area contributed by atoms with Crippen molar-refractivity contribution in [2.45, 2.75) is 58.5 Å².